The Morgan fingerprint density at radius 3 is 2.62 bits per heavy atom. The van der Waals surface area contributed by atoms with Gasteiger partial charge in [0, 0.05) is 19.5 Å². The van der Waals surface area contributed by atoms with Crippen LogP contribution in [0.15, 0.2) is 42.5 Å². The maximum atomic E-state index is 12.3. The Morgan fingerprint density at radius 1 is 1.03 bits per heavy atom. The molecule has 29 heavy (non-hydrogen) atoms. The number of fused-ring (bicyclic) bond motifs is 1. The summed E-state index contributed by atoms with van der Waals surface area (Å²) in [6, 6.07) is 13.7. The molecule has 1 aliphatic heterocycles. The third kappa shape index (κ3) is 5.79. The molecule has 1 fully saturated rings. The van der Waals surface area contributed by atoms with Gasteiger partial charge in [0.25, 0.3) is 0 Å². The van der Waals surface area contributed by atoms with E-state index in [0.29, 0.717) is 19.4 Å². The summed E-state index contributed by atoms with van der Waals surface area (Å²) in [7, 11) is 0. The zero-order valence-corrected chi connectivity index (χ0v) is 16.6. The van der Waals surface area contributed by atoms with Gasteiger partial charge in [-0.15, -0.1) is 0 Å². The summed E-state index contributed by atoms with van der Waals surface area (Å²) in [5.74, 6) is -1.97. The maximum absolute atomic E-state index is 12.3. The number of carbonyl (C=O) groups excluding carboxylic acids is 2. The molecule has 1 saturated heterocycles. The van der Waals surface area contributed by atoms with Crippen LogP contribution in [-0.4, -0.2) is 47.4 Å². The summed E-state index contributed by atoms with van der Waals surface area (Å²) in [6.45, 7) is 0.628. The Kier molecular flexibility index (Phi) is 7.22. The lowest BCUT2D eigenvalue weighted by Crippen LogP contribution is -2.43. The monoisotopic (exact) mass is 396 g/mol. The zero-order chi connectivity index (χ0) is 20.6. The highest BCUT2D eigenvalue weighted by Crippen LogP contribution is 2.21. The molecule has 2 aromatic rings. The van der Waals surface area contributed by atoms with Gasteiger partial charge in [-0.25, -0.2) is 0 Å². The Balaban J connectivity index is 1.59. The Bertz CT molecular complexity index is 875. The number of hydrogen-bond donors (Lipinski definition) is 2. The number of nitrogens with one attached hydrogen (secondary N) is 1. The van der Waals surface area contributed by atoms with Crippen LogP contribution in [-0.2, 0) is 20.8 Å². The number of carbonyl (C=O) groups is 3. The number of carboxylic acids is 1. The van der Waals surface area contributed by atoms with Gasteiger partial charge in [-0.2, -0.15) is 0 Å². The molecule has 1 heterocycles. The quantitative estimate of drug-likeness (QED) is 0.753. The van der Waals surface area contributed by atoms with E-state index in [9.17, 15) is 19.5 Å². The van der Waals surface area contributed by atoms with E-state index in [1.165, 1.54) is 0 Å². The summed E-state index contributed by atoms with van der Waals surface area (Å²) in [6.07, 6.45) is 4.70. The minimum Gasteiger partial charge on any atom is -0.481 e. The van der Waals surface area contributed by atoms with Crippen molar-refractivity contribution < 1.29 is 19.5 Å². The highest BCUT2D eigenvalue weighted by atomic mass is 16.4. The maximum Gasteiger partial charge on any atom is 0.308 e. The van der Waals surface area contributed by atoms with Crippen LogP contribution in [0, 0.1) is 5.92 Å². The lowest BCUT2D eigenvalue weighted by Gasteiger charge is -2.24. The van der Waals surface area contributed by atoms with Crippen LogP contribution >= 0.6 is 0 Å². The summed E-state index contributed by atoms with van der Waals surface area (Å²) in [4.78, 5) is 37.9. The summed E-state index contributed by atoms with van der Waals surface area (Å²) in [5.41, 5.74) is 0.948. The number of amides is 2. The van der Waals surface area contributed by atoms with Crippen LogP contribution in [0.2, 0.25) is 0 Å². The summed E-state index contributed by atoms with van der Waals surface area (Å²) in [5, 5.41) is 14.4. The van der Waals surface area contributed by atoms with Crippen LogP contribution in [0.5, 0.6) is 0 Å². The lowest BCUT2D eigenvalue weighted by atomic mass is 9.95. The smallest absolute Gasteiger partial charge is 0.308 e. The van der Waals surface area contributed by atoms with E-state index in [1.807, 2.05) is 42.5 Å². The standard InChI is InChI=1S/C23H28N2O4/c26-21(16-25-13-6-2-1-3-12-22(25)27)24-15-19(23(28)29)14-18-10-7-9-17-8-4-5-11-20(17)18/h4-5,7-11,19H,1-3,6,12-16H2,(H,24,26)(H,28,29). The molecule has 154 valence electrons. The molecule has 0 aromatic heterocycles. The SMILES string of the molecule is O=C(CN1CCCCCCC1=O)NCC(Cc1cccc2ccccc12)C(=O)O. The number of aliphatic carboxylic acids is 1. The first-order chi connectivity index (χ1) is 14.0. The van der Waals surface area contributed by atoms with Crippen molar-refractivity contribution in [1.29, 1.82) is 0 Å². The van der Waals surface area contributed by atoms with Gasteiger partial charge in [0.2, 0.25) is 11.8 Å². The van der Waals surface area contributed by atoms with Gasteiger partial charge < -0.3 is 15.3 Å². The second-order valence-corrected chi connectivity index (χ2v) is 7.66. The molecule has 1 unspecified atom stereocenters. The Morgan fingerprint density at radius 2 is 1.79 bits per heavy atom. The average Bonchev–Trinajstić information content (AvgIpc) is 2.70. The molecule has 3 rings (SSSR count). The average molecular weight is 396 g/mol. The van der Waals surface area contributed by atoms with Crippen molar-refractivity contribution in [2.45, 2.75) is 38.5 Å². The van der Waals surface area contributed by atoms with E-state index in [0.717, 1.165) is 42.0 Å². The van der Waals surface area contributed by atoms with Crippen molar-refractivity contribution in [3.05, 3.63) is 48.0 Å². The second kappa shape index (κ2) is 10.0. The molecule has 2 amide bonds. The highest BCUT2D eigenvalue weighted by molar-refractivity contribution is 5.87. The molecule has 0 bridgehead atoms. The minimum atomic E-state index is -0.944. The fourth-order valence-corrected chi connectivity index (χ4v) is 3.83. The number of nitrogens with zero attached hydrogens (tertiary/aromatic N) is 1. The first-order valence-electron chi connectivity index (χ1n) is 10.3. The van der Waals surface area contributed by atoms with Crippen molar-refractivity contribution in [1.82, 2.24) is 10.2 Å². The van der Waals surface area contributed by atoms with Crippen molar-refractivity contribution in [2.24, 2.45) is 5.92 Å². The lowest BCUT2D eigenvalue weighted by molar-refractivity contribution is -0.142. The number of hydrogen-bond acceptors (Lipinski definition) is 3. The van der Waals surface area contributed by atoms with E-state index in [1.54, 1.807) is 4.90 Å². The van der Waals surface area contributed by atoms with Gasteiger partial charge in [-0.05, 0) is 35.6 Å². The fourth-order valence-electron chi connectivity index (χ4n) is 3.83. The summed E-state index contributed by atoms with van der Waals surface area (Å²) >= 11 is 0. The van der Waals surface area contributed by atoms with Crippen LogP contribution < -0.4 is 5.32 Å². The number of carboxylic acid groups (broad SMARTS) is 1. The largest absolute Gasteiger partial charge is 0.481 e. The number of benzene rings is 2. The van der Waals surface area contributed by atoms with Gasteiger partial charge >= 0.3 is 5.97 Å². The van der Waals surface area contributed by atoms with E-state index < -0.39 is 11.9 Å². The summed E-state index contributed by atoms with van der Waals surface area (Å²) < 4.78 is 0. The molecule has 2 N–H and O–H groups in total. The van der Waals surface area contributed by atoms with Crippen molar-refractivity contribution in [3.63, 3.8) is 0 Å². The predicted molar refractivity (Wildman–Crippen MR) is 111 cm³/mol. The molecular weight excluding hydrogens is 368 g/mol. The topological polar surface area (TPSA) is 86.7 Å². The number of likely N-dealkylation sites (tertiary alicyclic amines) is 1. The molecule has 1 aliphatic rings. The molecule has 0 saturated carbocycles. The van der Waals surface area contributed by atoms with Crippen LogP contribution in [0.25, 0.3) is 10.8 Å². The van der Waals surface area contributed by atoms with Gasteiger partial charge in [-0.1, -0.05) is 55.3 Å². The van der Waals surface area contributed by atoms with Gasteiger partial charge in [0.1, 0.15) is 0 Å². The highest BCUT2D eigenvalue weighted by Gasteiger charge is 2.22. The first-order valence-corrected chi connectivity index (χ1v) is 10.3. The van der Waals surface area contributed by atoms with Gasteiger partial charge in [0.15, 0.2) is 0 Å². The number of rotatable bonds is 7. The molecule has 6 nitrogen and oxygen atoms in total. The Labute approximate surface area is 170 Å². The van der Waals surface area contributed by atoms with Crippen molar-refractivity contribution in [3.8, 4) is 0 Å². The molecule has 2 aromatic carbocycles. The second-order valence-electron chi connectivity index (χ2n) is 7.66. The zero-order valence-electron chi connectivity index (χ0n) is 16.6. The molecule has 6 heteroatoms. The normalized spacial score (nSPS) is 16.1. The van der Waals surface area contributed by atoms with E-state index in [2.05, 4.69) is 5.32 Å². The van der Waals surface area contributed by atoms with E-state index in [-0.39, 0.29) is 24.9 Å². The predicted octanol–water partition coefficient (Wildman–Crippen LogP) is 2.99. The van der Waals surface area contributed by atoms with Crippen LogP contribution in [0.1, 0.15) is 37.7 Å². The molecule has 0 aliphatic carbocycles. The third-order valence-electron chi connectivity index (χ3n) is 5.50. The minimum absolute atomic E-state index is 0.000556. The van der Waals surface area contributed by atoms with E-state index in [4.69, 9.17) is 0 Å². The molecule has 0 radical (unpaired) electrons. The van der Waals surface area contributed by atoms with Gasteiger partial charge in [0.05, 0.1) is 12.5 Å². The Hall–Kier alpha value is -2.89. The van der Waals surface area contributed by atoms with Crippen LogP contribution in [0.3, 0.4) is 0 Å². The fraction of sp³-hybridized carbons (Fsp3) is 0.435. The molecular formula is C23H28N2O4. The van der Waals surface area contributed by atoms with E-state index >= 15 is 0 Å². The van der Waals surface area contributed by atoms with Crippen LogP contribution in [0.4, 0.5) is 0 Å². The third-order valence-corrected chi connectivity index (χ3v) is 5.50. The van der Waals surface area contributed by atoms with Gasteiger partial charge in [-0.3, -0.25) is 14.4 Å². The molecule has 0 spiro atoms. The van der Waals surface area contributed by atoms with Crippen molar-refractivity contribution >= 4 is 28.6 Å². The first kappa shape index (κ1) is 20.8. The molecule has 1 atom stereocenters. The van der Waals surface area contributed by atoms with Crippen molar-refractivity contribution in [2.75, 3.05) is 19.6 Å².